The van der Waals surface area contributed by atoms with Gasteiger partial charge in [-0.05, 0) is 47.5 Å². The molecule has 7 nitrogen and oxygen atoms in total. The molecular weight excluding hydrogens is 430 g/mol. The first-order valence-electron chi connectivity index (χ1n) is 10.9. The fourth-order valence-corrected chi connectivity index (χ4v) is 4.08. The Balaban J connectivity index is 1.35. The number of carboxylic acid groups (broad SMARTS) is 1. The van der Waals surface area contributed by atoms with Gasteiger partial charge in [-0.25, -0.2) is 0 Å². The summed E-state index contributed by atoms with van der Waals surface area (Å²) >= 11 is 0. The molecule has 0 saturated carbocycles. The molecule has 0 amide bonds. The third kappa shape index (κ3) is 4.55. The third-order valence-electron chi connectivity index (χ3n) is 5.65. The molecule has 0 spiro atoms. The Hall–Kier alpha value is -4.36. The van der Waals surface area contributed by atoms with Crippen molar-refractivity contribution in [1.82, 2.24) is 14.8 Å². The van der Waals surface area contributed by atoms with Crippen LogP contribution in [0.2, 0.25) is 0 Å². The van der Waals surface area contributed by atoms with Gasteiger partial charge in [-0.15, -0.1) is 0 Å². The minimum Gasteiger partial charge on any atom is -0.481 e. The maximum absolute atomic E-state index is 11.0. The Kier molecular flexibility index (Phi) is 5.84. The number of nitrogens with one attached hydrogen (secondary N) is 1. The van der Waals surface area contributed by atoms with Crippen LogP contribution in [0.15, 0.2) is 85.2 Å². The molecule has 0 atom stereocenters. The standard InChI is InChI=1S/C27H23N3O4/c31-17-23-22-9-11-28-25(22)7-8-26(23)34-21-6-2-5-20(15-21)24-10-12-30(29-24)16-19-4-1-3-18(13-19)14-27(32)33/h1-13,15,28,31H,14,16-17H2,(H,32,33). The summed E-state index contributed by atoms with van der Waals surface area (Å²) in [6.45, 7) is 0.419. The fourth-order valence-electron chi connectivity index (χ4n) is 4.08. The Labute approximate surface area is 195 Å². The van der Waals surface area contributed by atoms with E-state index < -0.39 is 5.97 Å². The van der Waals surface area contributed by atoms with Gasteiger partial charge in [0.05, 0.1) is 25.3 Å². The molecule has 0 aliphatic carbocycles. The maximum Gasteiger partial charge on any atom is 0.307 e. The number of ether oxygens (including phenoxy) is 1. The van der Waals surface area contributed by atoms with E-state index in [1.54, 1.807) is 0 Å². The number of aromatic amines is 1. The Morgan fingerprint density at radius 1 is 1.00 bits per heavy atom. The van der Waals surface area contributed by atoms with Gasteiger partial charge in [0.15, 0.2) is 0 Å². The minimum atomic E-state index is -0.847. The predicted octanol–water partition coefficient (Wildman–Crippen LogP) is 4.99. The molecule has 5 aromatic rings. The summed E-state index contributed by atoms with van der Waals surface area (Å²) in [5, 5.41) is 24.5. The molecule has 170 valence electrons. The molecule has 34 heavy (non-hydrogen) atoms. The second-order valence-corrected chi connectivity index (χ2v) is 8.06. The number of hydrogen-bond acceptors (Lipinski definition) is 4. The molecule has 5 rings (SSSR count). The van der Waals surface area contributed by atoms with Gasteiger partial charge < -0.3 is 19.9 Å². The highest BCUT2D eigenvalue weighted by molar-refractivity contribution is 5.85. The lowest BCUT2D eigenvalue weighted by Gasteiger charge is -2.11. The number of aliphatic hydroxyl groups excluding tert-OH is 1. The van der Waals surface area contributed by atoms with E-state index in [2.05, 4.69) is 10.1 Å². The van der Waals surface area contributed by atoms with Crippen molar-refractivity contribution >= 4 is 16.9 Å². The number of hydrogen-bond donors (Lipinski definition) is 3. The summed E-state index contributed by atoms with van der Waals surface area (Å²) in [5.41, 5.74) is 5.15. The molecule has 0 radical (unpaired) electrons. The number of carbonyl (C=O) groups is 1. The Bertz CT molecular complexity index is 1470. The summed E-state index contributed by atoms with van der Waals surface area (Å²) < 4.78 is 7.96. The summed E-state index contributed by atoms with van der Waals surface area (Å²) in [7, 11) is 0. The van der Waals surface area contributed by atoms with Gasteiger partial charge in [-0.2, -0.15) is 5.10 Å². The third-order valence-corrected chi connectivity index (χ3v) is 5.65. The number of fused-ring (bicyclic) bond motifs is 1. The van der Waals surface area contributed by atoms with E-state index >= 15 is 0 Å². The highest BCUT2D eigenvalue weighted by atomic mass is 16.5. The molecule has 3 aromatic carbocycles. The van der Waals surface area contributed by atoms with Gasteiger partial charge in [-0.1, -0.05) is 36.4 Å². The number of rotatable bonds is 8. The van der Waals surface area contributed by atoms with Gasteiger partial charge in [0.25, 0.3) is 0 Å². The molecule has 0 saturated heterocycles. The lowest BCUT2D eigenvalue weighted by atomic mass is 10.1. The van der Waals surface area contributed by atoms with Crippen molar-refractivity contribution in [2.45, 2.75) is 19.6 Å². The van der Waals surface area contributed by atoms with Crippen LogP contribution in [-0.4, -0.2) is 30.9 Å². The smallest absolute Gasteiger partial charge is 0.307 e. The van der Waals surface area contributed by atoms with Crippen LogP contribution in [0, 0.1) is 0 Å². The zero-order valence-electron chi connectivity index (χ0n) is 18.3. The average Bonchev–Trinajstić information content (AvgIpc) is 3.49. The molecule has 2 heterocycles. The van der Waals surface area contributed by atoms with E-state index in [1.165, 1.54) is 0 Å². The lowest BCUT2D eigenvalue weighted by molar-refractivity contribution is -0.136. The van der Waals surface area contributed by atoms with Crippen LogP contribution in [0.4, 0.5) is 0 Å². The van der Waals surface area contributed by atoms with Gasteiger partial charge in [0, 0.05) is 34.4 Å². The van der Waals surface area contributed by atoms with Crippen LogP contribution in [-0.2, 0) is 24.4 Å². The van der Waals surface area contributed by atoms with Gasteiger partial charge in [0.2, 0.25) is 0 Å². The molecule has 3 N–H and O–H groups in total. The topological polar surface area (TPSA) is 100 Å². The lowest BCUT2D eigenvalue weighted by Crippen LogP contribution is -2.03. The van der Waals surface area contributed by atoms with Gasteiger partial charge in [-0.3, -0.25) is 9.48 Å². The number of H-pyrrole nitrogens is 1. The van der Waals surface area contributed by atoms with Crippen molar-refractivity contribution < 1.29 is 19.7 Å². The largest absolute Gasteiger partial charge is 0.481 e. The number of carboxylic acids is 1. The van der Waals surface area contributed by atoms with Crippen LogP contribution in [0.1, 0.15) is 16.7 Å². The fraction of sp³-hybridized carbons (Fsp3) is 0.111. The molecule has 0 aliphatic heterocycles. The number of nitrogens with zero attached hydrogens (tertiary/aromatic N) is 2. The van der Waals surface area contributed by atoms with E-state index in [9.17, 15) is 9.90 Å². The van der Waals surface area contributed by atoms with Crippen molar-refractivity contribution in [3.05, 3.63) is 102 Å². The van der Waals surface area contributed by atoms with E-state index in [0.717, 1.165) is 38.9 Å². The number of aliphatic carboxylic acids is 1. The van der Waals surface area contributed by atoms with E-state index in [1.807, 2.05) is 89.9 Å². The van der Waals surface area contributed by atoms with Crippen LogP contribution >= 0.6 is 0 Å². The first-order valence-corrected chi connectivity index (χ1v) is 10.9. The maximum atomic E-state index is 11.0. The van der Waals surface area contributed by atoms with E-state index in [-0.39, 0.29) is 13.0 Å². The highest BCUT2D eigenvalue weighted by Gasteiger charge is 2.11. The van der Waals surface area contributed by atoms with Crippen molar-refractivity contribution in [1.29, 1.82) is 0 Å². The van der Waals surface area contributed by atoms with Crippen LogP contribution in [0.25, 0.3) is 22.2 Å². The van der Waals surface area contributed by atoms with E-state index in [4.69, 9.17) is 9.84 Å². The molecule has 0 unspecified atom stereocenters. The molecule has 0 fully saturated rings. The van der Waals surface area contributed by atoms with Crippen LogP contribution < -0.4 is 4.74 Å². The van der Waals surface area contributed by atoms with E-state index in [0.29, 0.717) is 18.0 Å². The quantitative estimate of drug-likeness (QED) is 0.307. The van der Waals surface area contributed by atoms with Crippen LogP contribution in [0.3, 0.4) is 0 Å². The number of benzene rings is 3. The summed E-state index contributed by atoms with van der Waals surface area (Å²) in [6, 6.07) is 22.8. The van der Waals surface area contributed by atoms with Crippen molar-refractivity contribution in [2.24, 2.45) is 0 Å². The molecular formula is C27H23N3O4. The van der Waals surface area contributed by atoms with Crippen molar-refractivity contribution in [2.75, 3.05) is 0 Å². The van der Waals surface area contributed by atoms with Gasteiger partial charge >= 0.3 is 5.97 Å². The Morgan fingerprint density at radius 3 is 2.71 bits per heavy atom. The summed E-state index contributed by atoms with van der Waals surface area (Å²) in [4.78, 5) is 14.1. The second-order valence-electron chi connectivity index (χ2n) is 8.06. The van der Waals surface area contributed by atoms with Crippen molar-refractivity contribution in [3.63, 3.8) is 0 Å². The normalized spacial score (nSPS) is 11.1. The zero-order chi connectivity index (χ0) is 23.5. The number of aromatic nitrogens is 3. The molecule has 2 aromatic heterocycles. The van der Waals surface area contributed by atoms with Gasteiger partial charge in [0.1, 0.15) is 11.5 Å². The number of aliphatic hydroxyl groups is 1. The first-order chi connectivity index (χ1) is 16.6. The monoisotopic (exact) mass is 453 g/mol. The highest BCUT2D eigenvalue weighted by Crippen LogP contribution is 2.32. The SMILES string of the molecule is O=C(O)Cc1cccc(Cn2ccc(-c3cccc(Oc4ccc5[nH]ccc5c4CO)c3)n2)c1. The second kappa shape index (κ2) is 9.25. The Morgan fingerprint density at radius 2 is 1.85 bits per heavy atom. The molecule has 0 aliphatic rings. The predicted molar refractivity (Wildman–Crippen MR) is 129 cm³/mol. The minimum absolute atomic E-state index is 0.00000441. The van der Waals surface area contributed by atoms with Crippen LogP contribution in [0.5, 0.6) is 11.5 Å². The molecule has 7 heteroatoms. The summed E-state index contributed by atoms with van der Waals surface area (Å²) in [6.07, 6.45) is 3.74. The zero-order valence-corrected chi connectivity index (χ0v) is 18.3. The molecule has 0 bridgehead atoms. The van der Waals surface area contributed by atoms with Crippen molar-refractivity contribution in [3.8, 4) is 22.8 Å². The first kappa shape index (κ1) is 21.5. The summed E-state index contributed by atoms with van der Waals surface area (Å²) in [5.74, 6) is 0.413. The average molecular weight is 453 g/mol.